The third-order valence-corrected chi connectivity index (χ3v) is 3.26. The smallest absolute Gasteiger partial charge is 0.340 e. The van der Waals surface area contributed by atoms with Gasteiger partial charge in [0.2, 0.25) is 0 Å². The van der Waals surface area contributed by atoms with Gasteiger partial charge in [0.15, 0.2) is 0 Å². The highest BCUT2D eigenvalue weighted by atomic mass is 35.5. The Morgan fingerprint density at radius 3 is 2.62 bits per heavy atom. The van der Waals surface area contributed by atoms with Crippen molar-refractivity contribution in [1.82, 2.24) is 9.78 Å². The Hall–Kier alpha value is -2.01. The van der Waals surface area contributed by atoms with Crippen molar-refractivity contribution < 1.29 is 14.6 Å². The molecule has 2 aromatic rings. The van der Waals surface area contributed by atoms with E-state index >= 15 is 0 Å². The minimum Gasteiger partial charge on any atom is -0.489 e. The number of hydrogen-bond donors (Lipinski definition) is 1. The van der Waals surface area contributed by atoms with Gasteiger partial charge in [-0.05, 0) is 32.4 Å². The van der Waals surface area contributed by atoms with E-state index in [1.807, 2.05) is 32.9 Å². The Morgan fingerprint density at radius 1 is 1.43 bits per heavy atom. The number of aromatic nitrogens is 2. The van der Waals surface area contributed by atoms with Crippen molar-refractivity contribution >= 4 is 17.6 Å². The second kappa shape index (κ2) is 6.18. The summed E-state index contributed by atoms with van der Waals surface area (Å²) < 4.78 is 7.15. The van der Waals surface area contributed by atoms with Crippen molar-refractivity contribution in [3.05, 3.63) is 40.7 Å². The van der Waals surface area contributed by atoms with Crippen LogP contribution in [0.15, 0.2) is 24.3 Å². The standard InChI is InChI=1S/C15H17ClN2O3/c1-4-10-13(15(19)20)14(16)18(17-10)11-7-5-6-8-12(11)21-9(2)3/h5-9H,4H2,1-3H3,(H,19,20). The van der Waals surface area contributed by atoms with Crippen LogP contribution in [-0.4, -0.2) is 27.0 Å². The number of carboxylic acids is 1. The highest BCUT2D eigenvalue weighted by Crippen LogP contribution is 2.30. The predicted molar refractivity (Wildman–Crippen MR) is 80.7 cm³/mol. The van der Waals surface area contributed by atoms with Crippen LogP contribution >= 0.6 is 11.6 Å². The summed E-state index contributed by atoms with van der Waals surface area (Å²) in [5, 5.41) is 13.7. The third-order valence-electron chi connectivity index (χ3n) is 2.91. The summed E-state index contributed by atoms with van der Waals surface area (Å²) in [6.07, 6.45) is 0.478. The Balaban J connectivity index is 2.60. The highest BCUT2D eigenvalue weighted by Gasteiger charge is 2.23. The van der Waals surface area contributed by atoms with Crippen molar-refractivity contribution in [3.8, 4) is 11.4 Å². The van der Waals surface area contributed by atoms with E-state index in [1.165, 1.54) is 4.68 Å². The molecule has 0 unspecified atom stereocenters. The molecule has 0 aliphatic carbocycles. The highest BCUT2D eigenvalue weighted by molar-refractivity contribution is 6.33. The van der Waals surface area contributed by atoms with E-state index < -0.39 is 5.97 Å². The summed E-state index contributed by atoms with van der Waals surface area (Å²) in [6.45, 7) is 5.68. The number of benzene rings is 1. The zero-order chi connectivity index (χ0) is 15.6. The zero-order valence-corrected chi connectivity index (χ0v) is 12.9. The number of halogens is 1. The molecule has 0 radical (unpaired) electrons. The van der Waals surface area contributed by atoms with Crippen molar-refractivity contribution in [3.63, 3.8) is 0 Å². The van der Waals surface area contributed by atoms with E-state index in [2.05, 4.69) is 5.10 Å². The maximum Gasteiger partial charge on any atom is 0.340 e. The van der Waals surface area contributed by atoms with E-state index in [0.717, 1.165) is 0 Å². The summed E-state index contributed by atoms with van der Waals surface area (Å²) in [4.78, 5) is 11.3. The van der Waals surface area contributed by atoms with Crippen LogP contribution in [0.1, 0.15) is 36.8 Å². The molecule has 0 saturated heterocycles. The third kappa shape index (κ3) is 3.03. The largest absolute Gasteiger partial charge is 0.489 e. The number of aromatic carboxylic acids is 1. The topological polar surface area (TPSA) is 64.4 Å². The van der Waals surface area contributed by atoms with Crippen LogP contribution in [0.5, 0.6) is 5.75 Å². The van der Waals surface area contributed by atoms with Gasteiger partial charge in [0.1, 0.15) is 22.2 Å². The minimum absolute atomic E-state index is 0.00919. The van der Waals surface area contributed by atoms with Gasteiger partial charge in [0, 0.05) is 0 Å². The van der Waals surface area contributed by atoms with Crippen LogP contribution in [0.25, 0.3) is 5.69 Å². The second-order valence-corrected chi connectivity index (χ2v) is 5.18. The normalized spacial score (nSPS) is 10.9. The van der Waals surface area contributed by atoms with Crippen LogP contribution < -0.4 is 4.74 Å². The summed E-state index contributed by atoms with van der Waals surface area (Å²) in [5.41, 5.74) is 1.11. The van der Waals surface area contributed by atoms with Gasteiger partial charge in [-0.1, -0.05) is 30.7 Å². The molecule has 1 aromatic heterocycles. The van der Waals surface area contributed by atoms with Gasteiger partial charge in [0.05, 0.1) is 11.8 Å². The van der Waals surface area contributed by atoms with Crippen LogP contribution in [0.3, 0.4) is 0 Å². The maximum absolute atomic E-state index is 11.3. The van der Waals surface area contributed by atoms with Crippen molar-refractivity contribution in [2.45, 2.75) is 33.3 Å². The summed E-state index contributed by atoms with van der Waals surface area (Å²) in [5.74, 6) is -0.471. The molecule has 0 saturated carbocycles. The van der Waals surface area contributed by atoms with Gasteiger partial charge < -0.3 is 9.84 Å². The first-order valence-corrected chi connectivity index (χ1v) is 7.10. The molecule has 5 nitrogen and oxygen atoms in total. The molecule has 0 amide bonds. The Morgan fingerprint density at radius 2 is 2.10 bits per heavy atom. The number of carbonyl (C=O) groups is 1. The van der Waals surface area contributed by atoms with Crippen LogP contribution in [0.2, 0.25) is 5.15 Å². The molecule has 1 heterocycles. The Bertz CT molecular complexity index is 665. The average Bonchev–Trinajstić information content (AvgIpc) is 2.75. The van der Waals surface area contributed by atoms with Crippen LogP contribution in [0, 0.1) is 0 Å². The molecule has 6 heteroatoms. The average molecular weight is 309 g/mol. The number of nitrogens with zero attached hydrogens (tertiary/aromatic N) is 2. The molecular weight excluding hydrogens is 292 g/mol. The number of hydrogen-bond acceptors (Lipinski definition) is 3. The molecule has 1 N–H and O–H groups in total. The SMILES string of the molecule is CCc1nn(-c2ccccc2OC(C)C)c(Cl)c1C(=O)O. The Kier molecular flexibility index (Phi) is 4.53. The first-order chi connectivity index (χ1) is 9.95. The van der Waals surface area contributed by atoms with E-state index in [4.69, 9.17) is 16.3 Å². The molecule has 112 valence electrons. The number of ether oxygens (including phenoxy) is 1. The van der Waals surface area contributed by atoms with Crippen molar-refractivity contribution in [2.75, 3.05) is 0 Å². The fraction of sp³-hybridized carbons (Fsp3) is 0.333. The molecular formula is C15H17ClN2O3. The molecule has 1 aromatic carbocycles. The van der Waals surface area contributed by atoms with Gasteiger partial charge in [-0.3, -0.25) is 0 Å². The number of aryl methyl sites for hydroxylation is 1. The van der Waals surface area contributed by atoms with Gasteiger partial charge >= 0.3 is 5.97 Å². The minimum atomic E-state index is -1.08. The fourth-order valence-corrected chi connectivity index (χ4v) is 2.36. The van der Waals surface area contributed by atoms with Gasteiger partial charge in [-0.15, -0.1) is 0 Å². The second-order valence-electron chi connectivity index (χ2n) is 4.82. The lowest BCUT2D eigenvalue weighted by Gasteiger charge is -2.14. The summed E-state index contributed by atoms with van der Waals surface area (Å²) in [6, 6.07) is 7.27. The molecule has 0 fully saturated rings. The van der Waals surface area contributed by atoms with Crippen LogP contribution in [-0.2, 0) is 6.42 Å². The monoisotopic (exact) mass is 308 g/mol. The van der Waals surface area contributed by atoms with E-state index in [-0.39, 0.29) is 16.8 Å². The van der Waals surface area contributed by atoms with E-state index in [0.29, 0.717) is 23.6 Å². The fourth-order valence-electron chi connectivity index (χ4n) is 2.04. The first-order valence-electron chi connectivity index (χ1n) is 6.72. The molecule has 2 rings (SSSR count). The molecule has 0 bridgehead atoms. The van der Waals surface area contributed by atoms with Gasteiger partial charge in [-0.2, -0.15) is 5.10 Å². The molecule has 0 aliphatic heterocycles. The lowest BCUT2D eigenvalue weighted by Crippen LogP contribution is -2.09. The summed E-state index contributed by atoms with van der Waals surface area (Å²) >= 11 is 6.21. The van der Waals surface area contributed by atoms with Crippen molar-refractivity contribution in [2.24, 2.45) is 0 Å². The van der Waals surface area contributed by atoms with Gasteiger partial charge in [-0.25, -0.2) is 9.48 Å². The molecule has 0 atom stereocenters. The lowest BCUT2D eigenvalue weighted by molar-refractivity contribution is 0.0696. The maximum atomic E-state index is 11.3. The number of rotatable bonds is 5. The molecule has 0 spiro atoms. The molecule has 0 aliphatic rings. The predicted octanol–water partition coefficient (Wildman–Crippen LogP) is 3.57. The quantitative estimate of drug-likeness (QED) is 0.917. The lowest BCUT2D eigenvalue weighted by atomic mass is 10.2. The molecule has 21 heavy (non-hydrogen) atoms. The van der Waals surface area contributed by atoms with Crippen LogP contribution in [0.4, 0.5) is 0 Å². The summed E-state index contributed by atoms with van der Waals surface area (Å²) in [7, 11) is 0. The number of carboxylic acid groups (broad SMARTS) is 1. The van der Waals surface area contributed by atoms with E-state index in [1.54, 1.807) is 12.1 Å². The Labute approximate surface area is 128 Å². The zero-order valence-electron chi connectivity index (χ0n) is 12.1. The van der Waals surface area contributed by atoms with Crippen molar-refractivity contribution in [1.29, 1.82) is 0 Å². The number of para-hydroxylation sites is 2. The van der Waals surface area contributed by atoms with E-state index in [9.17, 15) is 9.90 Å². The van der Waals surface area contributed by atoms with Gasteiger partial charge in [0.25, 0.3) is 0 Å². The first kappa shape index (κ1) is 15.4.